The largest absolute Gasteiger partial charge is 0.384 e. The van der Waals surface area contributed by atoms with Gasteiger partial charge >= 0.3 is 0 Å². The van der Waals surface area contributed by atoms with Crippen LogP contribution >= 0.6 is 0 Å². The number of hydrogen-bond donors (Lipinski definition) is 2. The lowest BCUT2D eigenvalue weighted by molar-refractivity contribution is 0.303. The van der Waals surface area contributed by atoms with Gasteiger partial charge in [-0.3, -0.25) is 0 Å². The van der Waals surface area contributed by atoms with Crippen LogP contribution in [0, 0.1) is 0 Å². The molecule has 2 N–H and O–H groups in total. The maximum Gasteiger partial charge on any atom is 0.0379 e. The molecular formula is C14H18N2. The molecule has 1 unspecified atom stereocenters. The number of hydrogen-bond acceptors (Lipinski definition) is 2. The predicted octanol–water partition coefficient (Wildman–Crippen LogP) is 2.43. The summed E-state index contributed by atoms with van der Waals surface area (Å²) in [6.07, 6.45) is 4.05. The lowest BCUT2D eigenvalue weighted by Crippen LogP contribution is -2.43. The lowest BCUT2D eigenvalue weighted by atomic mass is 9.71. The minimum atomic E-state index is 0.737. The van der Waals surface area contributed by atoms with E-state index in [1.807, 2.05) is 0 Å². The zero-order valence-corrected chi connectivity index (χ0v) is 9.50. The summed E-state index contributed by atoms with van der Waals surface area (Å²) in [6, 6.07) is 7.57. The molecule has 3 atom stereocenters. The van der Waals surface area contributed by atoms with Gasteiger partial charge in [-0.1, -0.05) is 12.1 Å². The van der Waals surface area contributed by atoms with E-state index in [2.05, 4.69) is 28.8 Å². The SMILES string of the molecule is c1cc2c3c(c1)[C@H]1CCCN[C@@H]1CC3CN2. The molecule has 0 amide bonds. The van der Waals surface area contributed by atoms with Crippen LogP contribution < -0.4 is 10.6 Å². The van der Waals surface area contributed by atoms with E-state index >= 15 is 0 Å². The minimum Gasteiger partial charge on any atom is -0.384 e. The molecule has 0 radical (unpaired) electrons. The van der Waals surface area contributed by atoms with Crippen molar-refractivity contribution in [3.8, 4) is 0 Å². The van der Waals surface area contributed by atoms with Crippen LogP contribution in [0.4, 0.5) is 5.69 Å². The van der Waals surface area contributed by atoms with E-state index in [0.717, 1.165) is 24.4 Å². The highest BCUT2D eigenvalue weighted by Crippen LogP contribution is 2.48. The van der Waals surface area contributed by atoms with Crippen molar-refractivity contribution in [2.75, 3.05) is 18.4 Å². The molecule has 1 fully saturated rings. The van der Waals surface area contributed by atoms with Crippen molar-refractivity contribution in [3.05, 3.63) is 29.3 Å². The zero-order valence-electron chi connectivity index (χ0n) is 9.50. The predicted molar refractivity (Wildman–Crippen MR) is 66.1 cm³/mol. The number of benzene rings is 1. The molecule has 0 aromatic heterocycles. The molecule has 0 saturated carbocycles. The minimum absolute atomic E-state index is 0.737. The highest BCUT2D eigenvalue weighted by molar-refractivity contribution is 5.63. The smallest absolute Gasteiger partial charge is 0.0379 e. The maximum absolute atomic E-state index is 3.72. The lowest BCUT2D eigenvalue weighted by Gasteiger charge is -2.40. The summed E-state index contributed by atoms with van der Waals surface area (Å²) in [5.41, 5.74) is 4.69. The molecule has 0 spiro atoms. The molecule has 1 aromatic carbocycles. The Morgan fingerprint density at radius 1 is 1.25 bits per heavy atom. The van der Waals surface area contributed by atoms with Crippen LogP contribution in [0.5, 0.6) is 0 Å². The van der Waals surface area contributed by atoms with Crippen molar-refractivity contribution in [3.63, 3.8) is 0 Å². The summed E-state index contributed by atoms with van der Waals surface area (Å²) < 4.78 is 0. The number of rotatable bonds is 0. The van der Waals surface area contributed by atoms with E-state index in [4.69, 9.17) is 0 Å². The highest BCUT2D eigenvalue weighted by Gasteiger charge is 2.39. The van der Waals surface area contributed by atoms with Gasteiger partial charge in [-0.25, -0.2) is 0 Å². The molecule has 2 heterocycles. The Labute approximate surface area is 96.4 Å². The van der Waals surface area contributed by atoms with E-state index in [0.29, 0.717) is 0 Å². The molecule has 84 valence electrons. The Balaban J connectivity index is 1.86. The first-order valence-corrected chi connectivity index (χ1v) is 6.53. The fraction of sp³-hybridized carbons (Fsp3) is 0.571. The standard InChI is InChI=1S/C14H18N2/c1-3-11-10-4-2-6-15-13(10)7-9-8-16-12(5-1)14(9)11/h1,3,5,9-10,13,15-16H,2,4,6-8H2/t9?,10-,13-/m1/s1. The average Bonchev–Trinajstić information content (AvgIpc) is 2.75. The molecule has 2 heteroatoms. The summed E-state index contributed by atoms with van der Waals surface area (Å²) in [5, 5.41) is 7.29. The van der Waals surface area contributed by atoms with Crippen molar-refractivity contribution in [2.24, 2.45) is 0 Å². The monoisotopic (exact) mass is 214 g/mol. The number of anilines is 1. The van der Waals surface area contributed by atoms with Gasteiger partial charge in [0.15, 0.2) is 0 Å². The highest BCUT2D eigenvalue weighted by atomic mass is 15.0. The summed E-state index contributed by atoms with van der Waals surface area (Å²) >= 11 is 0. The van der Waals surface area contributed by atoms with Crippen LogP contribution in [0.2, 0.25) is 0 Å². The van der Waals surface area contributed by atoms with E-state index in [1.165, 1.54) is 31.5 Å². The Hall–Kier alpha value is -1.02. The molecule has 0 bridgehead atoms. The van der Waals surface area contributed by atoms with Gasteiger partial charge in [0.25, 0.3) is 0 Å². The fourth-order valence-electron chi connectivity index (χ4n) is 3.93. The van der Waals surface area contributed by atoms with Crippen molar-refractivity contribution in [1.29, 1.82) is 0 Å². The van der Waals surface area contributed by atoms with Crippen LogP contribution in [-0.4, -0.2) is 19.1 Å². The third-order valence-electron chi connectivity index (χ3n) is 4.61. The van der Waals surface area contributed by atoms with Gasteiger partial charge in [0.1, 0.15) is 0 Å². The summed E-state index contributed by atoms with van der Waals surface area (Å²) in [4.78, 5) is 0. The van der Waals surface area contributed by atoms with Gasteiger partial charge in [0.05, 0.1) is 0 Å². The van der Waals surface area contributed by atoms with Crippen LogP contribution in [-0.2, 0) is 0 Å². The summed E-state index contributed by atoms with van der Waals surface area (Å²) in [6.45, 7) is 2.37. The van der Waals surface area contributed by atoms with Gasteiger partial charge in [-0.2, -0.15) is 0 Å². The first kappa shape index (κ1) is 9.06. The van der Waals surface area contributed by atoms with E-state index in [9.17, 15) is 0 Å². The van der Waals surface area contributed by atoms with Crippen LogP contribution in [0.15, 0.2) is 18.2 Å². The van der Waals surface area contributed by atoms with Crippen molar-refractivity contribution >= 4 is 5.69 Å². The topological polar surface area (TPSA) is 24.1 Å². The molecule has 1 saturated heterocycles. The fourth-order valence-corrected chi connectivity index (χ4v) is 3.93. The summed E-state index contributed by atoms with van der Waals surface area (Å²) in [5.74, 6) is 1.54. The van der Waals surface area contributed by atoms with Gasteiger partial charge in [-0.05, 0) is 48.9 Å². The van der Waals surface area contributed by atoms with Crippen molar-refractivity contribution < 1.29 is 0 Å². The number of nitrogens with one attached hydrogen (secondary N) is 2. The molecule has 16 heavy (non-hydrogen) atoms. The second-order valence-electron chi connectivity index (χ2n) is 5.43. The second kappa shape index (κ2) is 3.24. The van der Waals surface area contributed by atoms with Crippen LogP contribution in [0.1, 0.15) is 42.2 Å². The van der Waals surface area contributed by atoms with Crippen molar-refractivity contribution in [2.45, 2.75) is 37.1 Å². The maximum atomic E-state index is 3.72. The third kappa shape index (κ3) is 1.11. The van der Waals surface area contributed by atoms with E-state index in [1.54, 1.807) is 11.1 Å². The zero-order chi connectivity index (χ0) is 10.5. The first-order valence-electron chi connectivity index (χ1n) is 6.53. The Morgan fingerprint density at radius 2 is 2.25 bits per heavy atom. The first-order chi connectivity index (χ1) is 7.93. The molecule has 3 aliphatic rings. The van der Waals surface area contributed by atoms with Gasteiger partial charge < -0.3 is 10.6 Å². The van der Waals surface area contributed by atoms with Crippen molar-refractivity contribution in [1.82, 2.24) is 5.32 Å². The summed E-state index contributed by atoms with van der Waals surface area (Å²) in [7, 11) is 0. The van der Waals surface area contributed by atoms with Crippen LogP contribution in [0.3, 0.4) is 0 Å². The van der Waals surface area contributed by atoms with E-state index in [-0.39, 0.29) is 0 Å². The Morgan fingerprint density at radius 3 is 3.25 bits per heavy atom. The van der Waals surface area contributed by atoms with E-state index < -0.39 is 0 Å². The number of fused-ring (bicyclic) bond motifs is 2. The quantitative estimate of drug-likeness (QED) is 0.693. The molecule has 2 nitrogen and oxygen atoms in total. The van der Waals surface area contributed by atoms with Gasteiger partial charge in [-0.15, -0.1) is 0 Å². The molecule has 2 aliphatic heterocycles. The average molecular weight is 214 g/mol. The Kier molecular flexibility index (Phi) is 1.83. The second-order valence-corrected chi connectivity index (χ2v) is 5.43. The molecule has 4 rings (SSSR count). The van der Waals surface area contributed by atoms with Gasteiger partial charge in [0.2, 0.25) is 0 Å². The number of piperidine rings is 1. The van der Waals surface area contributed by atoms with Crippen LogP contribution in [0.25, 0.3) is 0 Å². The Bertz CT molecular complexity index is 427. The van der Waals surface area contributed by atoms with Gasteiger partial charge in [0, 0.05) is 24.2 Å². The molecular weight excluding hydrogens is 196 g/mol. The molecule has 1 aliphatic carbocycles. The third-order valence-corrected chi connectivity index (χ3v) is 4.61. The molecule has 1 aromatic rings. The normalized spacial score (nSPS) is 35.1.